The molecule has 2 heterocycles. The van der Waals surface area contributed by atoms with Crippen molar-refractivity contribution in [2.45, 2.75) is 0 Å². The summed E-state index contributed by atoms with van der Waals surface area (Å²) in [4.78, 5) is 7.30. The maximum atomic E-state index is 3.65. The highest BCUT2D eigenvalue weighted by molar-refractivity contribution is 9.10. The first-order chi connectivity index (χ1) is 12.7. The third-order valence-electron chi connectivity index (χ3n) is 5.25. The van der Waals surface area contributed by atoms with E-state index in [4.69, 9.17) is 0 Å². The van der Waals surface area contributed by atoms with Gasteiger partial charge in [-0.25, -0.2) is 0 Å². The Kier molecular flexibility index (Phi) is 2.92. The molecule has 2 N–H and O–H groups in total. The minimum absolute atomic E-state index is 1.08. The second kappa shape index (κ2) is 5.12. The van der Waals surface area contributed by atoms with Gasteiger partial charge in [-0.2, -0.15) is 0 Å². The summed E-state index contributed by atoms with van der Waals surface area (Å²) in [6.45, 7) is 0. The normalized spacial score (nSPS) is 12.2. The summed E-state index contributed by atoms with van der Waals surface area (Å²) < 4.78 is 2.17. The molecule has 0 aliphatic carbocycles. The molecule has 124 valence electrons. The van der Waals surface area contributed by atoms with Gasteiger partial charge >= 0.3 is 0 Å². The number of fused-ring (bicyclic) bond motifs is 9. The monoisotopic (exact) mass is 462 g/mol. The number of aromatic nitrogens is 2. The maximum Gasteiger partial charge on any atom is 0.0565 e. The topological polar surface area (TPSA) is 31.6 Å². The molecule has 0 bridgehead atoms. The van der Waals surface area contributed by atoms with Crippen LogP contribution in [-0.4, -0.2) is 9.97 Å². The highest BCUT2D eigenvalue weighted by Crippen LogP contribution is 2.38. The summed E-state index contributed by atoms with van der Waals surface area (Å²) in [6.07, 6.45) is 0. The first-order valence-electron chi connectivity index (χ1n) is 8.43. The minimum Gasteiger partial charge on any atom is -0.354 e. The fraction of sp³-hybridized carbons (Fsp3) is 0. The van der Waals surface area contributed by atoms with Gasteiger partial charge < -0.3 is 9.97 Å². The number of hydrogen-bond donors (Lipinski definition) is 2. The Morgan fingerprint density at radius 2 is 1.00 bits per heavy atom. The molecule has 6 rings (SSSR count). The highest BCUT2D eigenvalue weighted by Gasteiger charge is 2.13. The zero-order valence-electron chi connectivity index (χ0n) is 13.5. The van der Waals surface area contributed by atoms with Crippen molar-refractivity contribution in [3.63, 3.8) is 0 Å². The summed E-state index contributed by atoms with van der Waals surface area (Å²) in [6, 6.07) is 21.7. The Balaban J connectivity index is 1.89. The molecule has 0 atom stereocenters. The van der Waals surface area contributed by atoms with Crippen molar-refractivity contribution in [1.82, 2.24) is 9.97 Å². The molecule has 0 aliphatic rings. The molecule has 0 aliphatic heterocycles. The Bertz CT molecular complexity index is 1390. The van der Waals surface area contributed by atoms with Crippen LogP contribution < -0.4 is 0 Å². The molecule has 0 spiro atoms. The fourth-order valence-corrected chi connectivity index (χ4v) is 4.83. The zero-order valence-corrected chi connectivity index (χ0v) is 16.7. The van der Waals surface area contributed by atoms with E-state index in [-0.39, 0.29) is 0 Å². The van der Waals surface area contributed by atoms with Gasteiger partial charge in [-0.15, -0.1) is 0 Å². The van der Waals surface area contributed by atoms with Crippen molar-refractivity contribution >= 4 is 86.2 Å². The van der Waals surface area contributed by atoms with Crippen LogP contribution in [-0.2, 0) is 0 Å². The number of aromatic amines is 2. The van der Waals surface area contributed by atoms with Crippen LogP contribution in [0.1, 0.15) is 0 Å². The highest BCUT2D eigenvalue weighted by atomic mass is 79.9. The zero-order chi connectivity index (χ0) is 17.4. The number of halogens is 2. The van der Waals surface area contributed by atoms with Crippen molar-refractivity contribution in [2.75, 3.05) is 0 Å². The lowest BCUT2D eigenvalue weighted by molar-refractivity contribution is 1.54. The number of nitrogens with one attached hydrogen (secondary N) is 2. The van der Waals surface area contributed by atoms with Crippen molar-refractivity contribution in [3.8, 4) is 0 Å². The average molecular weight is 464 g/mol. The lowest BCUT2D eigenvalue weighted by Gasteiger charge is -2.02. The Morgan fingerprint density at radius 1 is 0.538 bits per heavy atom. The smallest absolute Gasteiger partial charge is 0.0565 e. The van der Waals surface area contributed by atoms with Crippen LogP contribution in [0.5, 0.6) is 0 Å². The van der Waals surface area contributed by atoms with Crippen LogP contribution in [0.25, 0.3) is 54.4 Å². The van der Waals surface area contributed by atoms with E-state index in [0.717, 1.165) is 20.0 Å². The van der Waals surface area contributed by atoms with Crippen molar-refractivity contribution < 1.29 is 0 Å². The molecule has 4 heteroatoms. The van der Waals surface area contributed by atoms with E-state index in [9.17, 15) is 0 Å². The van der Waals surface area contributed by atoms with Gasteiger partial charge in [0, 0.05) is 46.9 Å². The van der Waals surface area contributed by atoms with Crippen LogP contribution >= 0.6 is 31.9 Å². The molecule has 0 saturated heterocycles. The van der Waals surface area contributed by atoms with Gasteiger partial charge in [0.2, 0.25) is 0 Å². The van der Waals surface area contributed by atoms with E-state index in [0.29, 0.717) is 0 Å². The quantitative estimate of drug-likeness (QED) is 0.232. The van der Waals surface area contributed by atoms with Crippen molar-refractivity contribution in [1.29, 1.82) is 0 Å². The number of rotatable bonds is 0. The largest absolute Gasteiger partial charge is 0.354 e. The molecule has 0 saturated carbocycles. The van der Waals surface area contributed by atoms with E-state index in [1.165, 1.54) is 43.4 Å². The standard InChI is InChI=1S/C22H12Br2N2/c23-12-3-7-14-16-5-1-11-2-6-17-15-8-4-13(24)10-19(15)26-22(17)20(11)21(16)25-18(14)9-12/h1-10,25-26H. The average Bonchev–Trinajstić information content (AvgIpc) is 3.17. The first-order valence-corrected chi connectivity index (χ1v) is 10.0. The fourth-order valence-electron chi connectivity index (χ4n) is 4.11. The Hall–Kier alpha value is -2.30. The summed E-state index contributed by atoms with van der Waals surface area (Å²) in [5.74, 6) is 0. The predicted octanol–water partition coefficient (Wildman–Crippen LogP) is 7.63. The lowest BCUT2D eigenvalue weighted by Crippen LogP contribution is -1.78. The Morgan fingerprint density at radius 3 is 1.50 bits per heavy atom. The summed E-state index contributed by atoms with van der Waals surface area (Å²) in [5.41, 5.74) is 4.68. The lowest BCUT2D eigenvalue weighted by atomic mass is 10.0. The van der Waals surface area contributed by atoms with Gasteiger partial charge in [0.25, 0.3) is 0 Å². The van der Waals surface area contributed by atoms with Crippen LogP contribution in [0.2, 0.25) is 0 Å². The third kappa shape index (κ3) is 1.91. The van der Waals surface area contributed by atoms with Gasteiger partial charge in [0.05, 0.1) is 11.0 Å². The first kappa shape index (κ1) is 14.8. The molecular weight excluding hydrogens is 452 g/mol. The summed E-state index contributed by atoms with van der Waals surface area (Å²) >= 11 is 7.16. The predicted molar refractivity (Wildman–Crippen MR) is 118 cm³/mol. The maximum absolute atomic E-state index is 3.65. The van der Waals surface area contributed by atoms with Gasteiger partial charge in [0.15, 0.2) is 0 Å². The summed E-state index contributed by atoms with van der Waals surface area (Å²) in [5, 5.41) is 7.50. The Labute approximate surface area is 165 Å². The molecule has 2 aromatic heterocycles. The molecule has 0 radical (unpaired) electrons. The van der Waals surface area contributed by atoms with Crippen LogP contribution in [0.15, 0.2) is 69.6 Å². The molecular formula is C22H12Br2N2. The van der Waals surface area contributed by atoms with Crippen LogP contribution in [0.3, 0.4) is 0 Å². The van der Waals surface area contributed by atoms with Gasteiger partial charge in [-0.05, 0) is 29.7 Å². The van der Waals surface area contributed by atoms with E-state index in [2.05, 4.69) is 102 Å². The second-order valence-corrected chi connectivity index (χ2v) is 8.54. The van der Waals surface area contributed by atoms with Gasteiger partial charge in [0.1, 0.15) is 0 Å². The molecule has 26 heavy (non-hydrogen) atoms. The second-order valence-electron chi connectivity index (χ2n) is 6.70. The molecule has 4 aromatic carbocycles. The molecule has 0 fully saturated rings. The van der Waals surface area contributed by atoms with Gasteiger partial charge in [-0.1, -0.05) is 68.3 Å². The van der Waals surface area contributed by atoms with Crippen LogP contribution in [0.4, 0.5) is 0 Å². The van der Waals surface area contributed by atoms with Crippen molar-refractivity contribution in [3.05, 3.63) is 69.6 Å². The van der Waals surface area contributed by atoms with E-state index in [1.54, 1.807) is 0 Å². The number of hydrogen-bond acceptors (Lipinski definition) is 0. The molecule has 0 unspecified atom stereocenters. The minimum atomic E-state index is 1.08. The molecule has 0 amide bonds. The van der Waals surface area contributed by atoms with E-state index >= 15 is 0 Å². The number of benzene rings is 4. The number of H-pyrrole nitrogens is 2. The molecule has 6 aromatic rings. The van der Waals surface area contributed by atoms with E-state index < -0.39 is 0 Å². The van der Waals surface area contributed by atoms with Crippen molar-refractivity contribution in [2.24, 2.45) is 0 Å². The SMILES string of the molecule is Brc1ccc2c(c1)[nH]c1c2ccc2ccc3c4ccc(Br)cc4[nH]c3c21. The van der Waals surface area contributed by atoms with Crippen LogP contribution in [0, 0.1) is 0 Å². The molecule has 2 nitrogen and oxygen atoms in total. The summed E-state index contributed by atoms with van der Waals surface area (Å²) in [7, 11) is 0. The van der Waals surface area contributed by atoms with Gasteiger partial charge in [-0.3, -0.25) is 0 Å². The van der Waals surface area contributed by atoms with E-state index in [1.807, 2.05) is 0 Å². The third-order valence-corrected chi connectivity index (χ3v) is 6.24.